The molecule has 0 saturated carbocycles. The summed E-state index contributed by atoms with van der Waals surface area (Å²) in [7, 11) is 0. The van der Waals surface area contributed by atoms with Crippen LogP contribution in [0.25, 0.3) is 5.69 Å². The van der Waals surface area contributed by atoms with Crippen LogP contribution in [-0.2, 0) is 24.4 Å². The van der Waals surface area contributed by atoms with E-state index in [1.54, 1.807) is 10.9 Å². The Balaban J connectivity index is 1.56. The molecule has 0 spiro atoms. The molecule has 0 fully saturated rings. The molecule has 0 saturated heterocycles. The van der Waals surface area contributed by atoms with Crippen molar-refractivity contribution in [1.29, 1.82) is 0 Å². The van der Waals surface area contributed by atoms with E-state index in [1.165, 1.54) is 0 Å². The molecule has 1 aromatic heterocycles. The van der Waals surface area contributed by atoms with Gasteiger partial charge in [-0.15, -0.1) is 5.10 Å². The summed E-state index contributed by atoms with van der Waals surface area (Å²) in [6.07, 6.45) is 1.99. The Morgan fingerprint density at radius 3 is 2.46 bits per heavy atom. The number of benzene rings is 2. The first-order valence-corrected chi connectivity index (χ1v) is 7.66. The lowest BCUT2D eigenvalue weighted by Gasteiger charge is -2.06. The maximum absolute atomic E-state index is 12.0. The molecule has 0 aliphatic carbocycles. The average Bonchev–Trinajstić information content (AvgIpc) is 3.11. The molecule has 2 N–H and O–H groups in total. The summed E-state index contributed by atoms with van der Waals surface area (Å²) in [5.41, 5.74) is 3.34. The van der Waals surface area contributed by atoms with Crippen molar-refractivity contribution in [2.24, 2.45) is 0 Å². The predicted octanol–water partition coefficient (Wildman–Crippen LogP) is 1.62. The van der Waals surface area contributed by atoms with Gasteiger partial charge >= 0.3 is 0 Å². The molecule has 6 nitrogen and oxygen atoms in total. The Morgan fingerprint density at radius 2 is 1.79 bits per heavy atom. The maximum Gasteiger partial charge on any atom is 0.224 e. The van der Waals surface area contributed by atoms with Crippen LogP contribution in [0.5, 0.6) is 0 Å². The summed E-state index contributed by atoms with van der Waals surface area (Å²) < 4.78 is 1.59. The Labute approximate surface area is 139 Å². The van der Waals surface area contributed by atoms with Crippen molar-refractivity contribution in [2.45, 2.75) is 19.6 Å². The Hall–Kier alpha value is -2.99. The highest BCUT2D eigenvalue weighted by molar-refractivity contribution is 5.78. The van der Waals surface area contributed by atoms with Gasteiger partial charge in [0, 0.05) is 6.54 Å². The minimum Gasteiger partial charge on any atom is -0.390 e. The monoisotopic (exact) mass is 322 g/mol. The van der Waals surface area contributed by atoms with Gasteiger partial charge < -0.3 is 10.4 Å². The third-order valence-corrected chi connectivity index (χ3v) is 3.60. The molecule has 3 rings (SSSR count). The number of aliphatic hydroxyl groups is 1. The maximum atomic E-state index is 12.0. The molecule has 0 aliphatic rings. The van der Waals surface area contributed by atoms with Crippen molar-refractivity contribution in [3.8, 4) is 5.69 Å². The van der Waals surface area contributed by atoms with Gasteiger partial charge in [-0.3, -0.25) is 4.79 Å². The van der Waals surface area contributed by atoms with Crippen LogP contribution in [0.4, 0.5) is 0 Å². The number of nitrogens with zero attached hydrogens (tertiary/aromatic N) is 3. The first kappa shape index (κ1) is 15.9. The minimum absolute atomic E-state index is 0.0186. The van der Waals surface area contributed by atoms with Gasteiger partial charge in [0.1, 0.15) is 5.69 Å². The van der Waals surface area contributed by atoms with E-state index in [-0.39, 0.29) is 12.5 Å². The summed E-state index contributed by atoms with van der Waals surface area (Å²) in [6.45, 7) is 0.389. The van der Waals surface area contributed by atoms with E-state index in [1.807, 2.05) is 54.6 Å². The number of nitrogens with one attached hydrogen (secondary N) is 1. The normalized spacial score (nSPS) is 10.5. The van der Waals surface area contributed by atoms with Crippen molar-refractivity contribution >= 4 is 5.91 Å². The van der Waals surface area contributed by atoms with Crippen LogP contribution >= 0.6 is 0 Å². The van der Waals surface area contributed by atoms with Gasteiger partial charge in [0.2, 0.25) is 5.91 Å². The summed E-state index contributed by atoms with van der Waals surface area (Å²) in [6, 6.07) is 17.3. The summed E-state index contributed by atoms with van der Waals surface area (Å²) in [5.74, 6) is -0.0186. The van der Waals surface area contributed by atoms with E-state index < -0.39 is 0 Å². The molecular weight excluding hydrogens is 304 g/mol. The predicted molar refractivity (Wildman–Crippen MR) is 89.3 cm³/mol. The van der Waals surface area contributed by atoms with Crippen LogP contribution in [0.2, 0.25) is 0 Å². The van der Waals surface area contributed by atoms with Crippen LogP contribution < -0.4 is 5.32 Å². The zero-order valence-electron chi connectivity index (χ0n) is 13.1. The summed E-state index contributed by atoms with van der Waals surface area (Å²) in [4.78, 5) is 12.0. The molecule has 122 valence electrons. The molecular formula is C18H18N4O2. The topological polar surface area (TPSA) is 80.0 Å². The molecule has 1 heterocycles. The first-order valence-electron chi connectivity index (χ1n) is 7.66. The third kappa shape index (κ3) is 4.05. The number of rotatable bonds is 6. The highest BCUT2D eigenvalue weighted by Crippen LogP contribution is 2.10. The number of amides is 1. The molecule has 6 heteroatoms. The van der Waals surface area contributed by atoms with Gasteiger partial charge in [0.15, 0.2) is 0 Å². The zero-order valence-corrected chi connectivity index (χ0v) is 13.1. The van der Waals surface area contributed by atoms with Gasteiger partial charge in [0.25, 0.3) is 0 Å². The number of carbonyl (C=O) groups excluding carboxylic acids is 1. The van der Waals surface area contributed by atoms with E-state index in [9.17, 15) is 4.79 Å². The molecule has 24 heavy (non-hydrogen) atoms. The second kappa shape index (κ2) is 7.52. The van der Waals surface area contributed by atoms with Crippen molar-refractivity contribution < 1.29 is 9.90 Å². The number of carbonyl (C=O) groups is 1. The Kier molecular flexibility index (Phi) is 4.98. The number of hydrogen-bond acceptors (Lipinski definition) is 4. The van der Waals surface area contributed by atoms with Crippen molar-refractivity contribution in [2.75, 3.05) is 0 Å². The Bertz CT molecular complexity index is 797. The fourth-order valence-electron chi connectivity index (χ4n) is 2.31. The highest BCUT2D eigenvalue weighted by Gasteiger charge is 2.05. The highest BCUT2D eigenvalue weighted by atomic mass is 16.3. The molecule has 0 atom stereocenters. The van der Waals surface area contributed by atoms with Crippen LogP contribution in [0.15, 0.2) is 60.8 Å². The summed E-state index contributed by atoms with van der Waals surface area (Å²) in [5, 5.41) is 19.7. The van der Waals surface area contributed by atoms with Gasteiger partial charge in [0.05, 0.1) is 24.9 Å². The van der Waals surface area contributed by atoms with E-state index >= 15 is 0 Å². The number of hydrogen-bond donors (Lipinski definition) is 2. The van der Waals surface area contributed by atoms with E-state index in [2.05, 4.69) is 15.6 Å². The van der Waals surface area contributed by atoms with E-state index in [4.69, 9.17) is 5.11 Å². The molecule has 1 amide bonds. The van der Waals surface area contributed by atoms with Crippen molar-refractivity contribution in [3.05, 3.63) is 77.6 Å². The minimum atomic E-state index is -0.139. The lowest BCUT2D eigenvalue weighted by atomic mass is 10.1. The number of aromatic nitrogens is 3. The first-order chi connectivity index (χ1) is 11.7. The van der Waals surface area contributed by atoms with Crippen molar-refractivity contribution in [3.63, 3.8) is 0 Å². The molecule has 0 unspecified atom stereocenters. The van der Waals surface area contributed by atoms with Gasteiger partial charge in [-0.1, -0.05) is 47.7 Å². The van der Waals surface area contributed by atoms with E-state index in [0.29, 0.717) is 18.7 Å². The Morgan fingerprint density at radius 1 is 1.04 bits per heavy atom. The lowest BCUT2D eigenvalue weighted by Crippen LogP contribution is -2.24. The molecule has 0 bridgehead atoms. The smallest absolute Gasteiger partial charge is 0.224 e. The van der Waals surface area contributed by atoms with Gasteiger partial charge in [-0.05, 0) is 23.3 Å². The number of aliphatic hydroxyl groups excluding tert-OH is 1. The van der Waals surface area contributed by atoms with Crippen molar-refractivity contribution in [1.82, 2.24) is 20.3 Å². The van der Waals surface area contributed by atoms with Gasteiger partial charge in [-0.25, -0.2) is 4.68 Å². The quantitative estimate of drug-likeness (QED) is 0.723. The second-order valence-electron chi connectivity index (χ2n) is 5.42. The van der Waals surface area contributed by atoms with Crippen LogP contribution in [0, 0.1) is 0 Å². The fraction of sp³-hybridized carbons (Fsp3) is 0.167. The van der Waals surface area contributed by atoms with Crippen LogP contribution in [-0.4, -0.2) is 26.0 Å². The average molecular weight is 322 g/mol. The van der Waals surface area contributed by atoms with Crippen LogP contribution in [0.1, 0.15) is 16.8 Å². The fourth-order valence-corrected chi connectivity index (χ4v) is 2.31. The molecule has 0 aliphatic heterocycles. The molecule has 0 radical (unpaired) electrons. The lowest BCUT2D eigenvalue weighted by molar-refractivity contribution is -0.120. The van der Waals surface area contributed by atoms with E-state index in [0.717, 1.165) is 16.8 Å². The molecule has 2 aromatic carbocycles. The molecule has 3 aromatic rings. The standard InChI is InChI=1S/C18H18N4O2/c23-13-16-12-22(21-20-16)17-8-6-14(7-9-17)10-18(24)19-11-15-4-2-1-3-5-15/h1-9,12,23H,10-11,13H2,(H,19,24). The zero-order chi connectivity index (χ0) is 16.8. The largest absolute Gasteiger partial charge is 0.390 e. The SMILES string of the molecule is O=C(Cc1ccc(-n2cc(CO)nn2)cc1)NCc1ccccc1. The third-order valence-electron chi connectivity index (χ3n) is 3.60. The summed E-state index contributed by atoms with van der Waals surface area (Å²) >= 11 is 0. The van der Waals surface area contributed by atoms with Crippen LogP contribution in [0.3, 0.4) is 0 Å². The van der Waals surface area contributed by atoms with Gasteiger partial charge in [-0.2, -0.15) is 0 Å². The second-order valence-corrected chi connectivity index (χ2v) is 5.42.